The normalized spacial score (nSPS) is 24.6. The van der Waals surface area contributed by atoms with Crippen LogP contribution >= 0.6 is 0 Å². The van der Waals surface area contributed by atoms with Gasteiger partial charge in [0.05, 0.1) is 18.4 Å². The van der Waals surface area contributed by atoms with Crippen LogP contribution in [0.15, 0.2) is 24.3 Å². The Morgan fingerprint density at radius 2 is 2.24 bits per heavy atom. The summed E-state index contributed by atoms with van der Waals surface area (Å²) in [6.07, 6.45) is 0.313. The van der Waals surface area contributed by atoms with Crippen molar-refractivity contribution in [2.45, 2.75) is 12.5 Å². The molecule has 0 aliphatic carbocycles. The molecular weight excluding hydrogens is 221 g/mol. The van der Waals surface area contributed by atoms with E-state index >= 15 is 0 Å². The van der Waals surface area contributed by atoms with Gasteiger partial charge in [0.25, 0.3) is 0 Å². The zero-order valence-corrected chi connectivity index (χ0v) is 9.97. The zero-order chi connectivity index (χ0) is 12.3. The predicted molar refractivity (Wildman–Crippen MR) is 64.6 cm³/mol. The number of aliphatic hydroxyl groups is 1. The van der Waals surface area contributed by atoms with Gasteiger partial charge in [0.1, 0.15) is 5.82 Å². The smallest absolute Gasteiger partial charge is 0.146 e. The number of ether oxygens (including phenoxy) is 1. The number of benzene rings is 1. The number of nitrogens with zero attached hydrogens (tertiary/aromatic N) is 1. The van der Waals surface area contributed by atoms with Gasteiger partial charge in [-0.15, -0.1) is 0 Å². The van der Waals surface area contributed by atoms with Gasteiger partial charge in [-0.25, -0.2) is 4.39 Å². The number of aliphatic hydroxyl groups excluding tert-OH is 1. The third-order valence-electron chi connectivity index (χ3n) is 3.21. The number of hydrogen-bond acceptors (Lipinski definition) is 3. The molecule has 0 amide bonds. The van der Waals surface area contributed by atoms with Crippen molar-refractivity contribution in [2.24, 2.45) is 5.92 Å². The molecule has 1 saturated heterocycles. The highest BCUT2D eigenvalue weighted by atomic mass is 19.1. The molecule has 0 bridgehead atoms. The van der Waals surface area contributed by atoms with E-state index in [1.54, 1.807) is 12.1 Å². The maximum atomic E-state index is 13.6. The SMILES string of the molecule is CN(CC1COCCC1O)c1ccccc1F. The first-order valence-corrected chi connectivity index (χ1v) is 5.90. The molecule has 2 rings (SSSR count). The van der Waals surface area contributed by atoms with Crippen LogP contribution < -0.4 is 4.90 Å². The molecular formula is C13H18FNO2. The van der Waals surface area contributed by atoms with Crippen molar-refractivity contribution in [2.75, 3.05) is 31.7 Å². The quantitative estimate of drug-likeness (QED) is 0.870. The summed E-state index contributed by atoms with van der Waals surface area (Å²) in [5.74, 6) is -0.186. The molecule has 1 aliphatic heterocycles. The lowest BCUT2D eigenvalue weighted by Gasteiger charge is -2.32. The van der Waals surface area contributed by atoms with Crippen LogP contribution in [0.2, 0.25) is 0 Å². The van der Waals surface area contributed by atoms with Crippen molar-refractivity contribution >= 4 is 5.69 Å². The van der Waals surface area contributed by atoms with Crippen LogP contribution in [0.4, 0.5) is 10.1 Å². The molecule has 1 N–H and O–H groups in total. The molecule has 94 valence electrons. The molecule has 3 nitrogen and oxygen atoms in total. The van der Waals surface area contributed by atoms with E-state index < -0.39 is 0 Å². The molecule has 4 heteroatoms. The summed E-state index contributed by atoms with van der Waals surface area (Å²) in [5.41, 5.74) is 0.560. The Morgan fingerprint density at radius 1 is 1.47 bits per heavy atom. The van der Waals surface area contributed by atoms with Gasteiger partial charge in [0.2, 0.25) is 0 Å². The van der Waals surface area contributed by atoms with Crippen molar-refractivity contribution in [3.05, 3.63) is 30.1 Å². The molecule has 0 saturated carbocycles. The molecule has 1 fully saturated rings. The Balaban J connectivity index is 2.01. The lowest BCUT2D eigenvalue weighted by Crippen LogP contribution is -2.39. The lowest BCUT2D eigenvalue weighted by molar-refractivity contribution is -0.0320. The van der Waals surface area contributed by atoms with E-state index in [1.165, 1.54) is 6.07 Å². The van der Waals surface area contributed by atoms with Gasteiger partial charge >= 0.3 is 0 Å². The lowest BCUT2D eigenvalue weighted by atomic mass is 9.98. The molecule has 2 atom stereocenters. The van der Waals surface area contributed by atoms with E-state index in [9.17, 15) is 9.50 Å². The number of anilines is 1. The number of halogens is 1. The second-order valence-corrected chi connectivity index (χ2v) is 4.52. The van der Waals surface area contributed by atoms with Crippen LogP contribution in [0.3, 0.4) is 0 Å². The largest absolute Gasteiger partial charge is 0.393 e. The predicted octanol–water partition coefficient (Wildman–Crippen LogP) is 1.66. The van der Waals surface area contributed by atoms with Crippen molar-refractivity contribution < 1.29 is 14.2 Å². The topological polar surface area (TPSA) is 32.7 Å². The Kier molecular flexibility index (Phi) is 3.97. The fourth-order valence-electron chi connectivity index (χ4n) is 2.17. The maximum Gasteiger partial charge on any atom is 0.146 e. The van der Waals surface area contributed by atoms with Gasteiger partial charge < -0.3 is 14.7 Å². The Morgan fingerprint density at radius 3 is 2.94 bits per heavy atom. The van der Waals surface area contributed by atoms with Gasteiger partial charge in [0.15, 0.2) is 0 Å². The van der Waals surface area contributed by atoms with Gasteiger partial charge in [0, 0.05) is 26.1 Å². The van der Waals surface area contributed by atoms with Crippen molar-refractivity contribution in [3.8, 4) is 0 Å². The number of para-hydroxylation sites is 1. The van der Waals surface area contributed by atoms with E-state index in [0.717, 1.165) is 0 Å². The molecule has 1 heterocycles. The van der Waals surface area contributed by atoms with E-state index in [2.05, 4.69) is 0 Å². The summed E-state index contributed by atoms with van der Waals surface area (Å²) in [5, 5.41) is 9.83. The van der Waals surface area contributed by atoms with Gasteiger partial charge in [-0.3, -0.25) is 0 Å². The van der Waals surface area contributed by atoms with Crippen LogP contribution in [0.25, 0.3) is 0 Å². The van der Waals surface area contributed by atoms with Crippen molar-refractivity contribution in [1.29, 1.82) is 0 Å². The minimum Gasteiger partial charge on any atom is -0.393 e. The molecule has 2 unspecified atom stereocenters. The zero-order valence-electron chi connectivity index (χ0n) is 9.97. The Hall–Kier alpha value is -1.13. The molecule has 17 heavy (non-hydrogen) atoms. The maximum absolute atomic E-state index is 13.6. The highest BCUT2D eigenvalue weighted by Gasteiger charge is 2.25. The van der Waals surface area contributed by atoms with E-state index in [-0.39, 0.29) is 17.8 Å². The third-order valence-corrected chi connectivity index (χ3v) is 3.21. The molecule has 1 aromatic rings. The summed E-state index contributed by atoms with van der Waals surface area (Å²) in [6.45, 7) is 1.75. The average Bonchev–Trinajstić information content (AvgIpc) is 2.32. The van der Waals surface area contributed by atoms with Crippen LogP contribution in [0.1, 0.15) is 6.42 Å². The highest BCUT2D eigenvalue weighted by Crippen LogP contribution is 2.21. The first-order valence-electron chi connectivity index (χ1n) is 5.90. The highest BCUT2D eigenvalue weighted by molar-refractivity contribution is 5.46. The Labute approximate surface area is 101 Å². The number of hydrogen-bond donors (Lipinski definition) is 1. The standard InChI is InChI=1S/C13H18FNO2/c1-15(12-5-3-2-4-11(12)14)8-10-9-17-7-6-13(10)16/h2-5,10,13,16H,6-9H2,1H3. The second-order valence-electron chi connectivity index (χ2n) is 4.52. The monoisotopic (exact) mass is 239 g/mol. The van der Waals surface area contributed by atoms with E-state index in [0.29, 0.717) is 31.9 Å². The van der Waals surface area contributed by atoms with Crippen molar-refractivity contribution in [1.82, 2.24) is 0 Å². The summed E-state index contributed by atoms with van der Waals surface area (Å²) in [4.78, 5) is 1.83. The first-order chi connectivity index (χ1) is 8.18. The van der Waals surface area contributed by atoms with E-state index in [4.69, 9.17) is 4.74 Å². The van der Waals surface area contributed by atoms with Crippen LogP contribution in [-0.4, -0.2) is 38.0 Å². The average molecular weight is 239 g/mol. The minimum absolute atomic E-state index is 0.0494. The molecule has 1 aromatic carbocycles. The Bertz CT molecular complexity index is 372. The van der Waals surface area contributed by atoms with Gasteiger partial charge in [-0.2, -0.15) is 0 Å². The first kappa shape index (κ1) is 12.3. The number of rotatable bonds is 3. The molecule has 0 radical (unpaired) electrons. The van der Waals surface area contributed by atoms with Gasteiger partial charge in [-0.1, -0.05) is 12.1 Å². The fourth-order valence-corrected chi connectivity index (χ4v) is 2.17. The fraction of sp³-hybridized carbons (Fsp3) is 0.538. The third kappa shape index (κ3) is 2.96. The molecule has 1 aliphatic rings. The summed E-state index contributed by atoms with van der Waals surface area (Å²) >= 11 is 0. The molecule has 0 aromatic heterocycles. The van der Waals surface area contributed by atoms with Crippen molar-refractivity contribution in [3.63, 3.8) is 0 Å². The summed E-state index contributed by atoms with van der Waals surface area (Å²) in [6, 6.07) is 6.67. The van der Waals surface area contributed by atoms with E-state index in [1.807, 2.05) is 18.0 Å². The van der Waals surface area contributed by atoms with Gasteiger partial charge in [-0.05, 0) is 18.6 Å². The van der Waals surface area contributed by atoms with Crippen LogP contribution in [0, 0.1) is 11.7 Å². The second kappa shape index (κ2) is 5.47. The molecule has 0 spiro atoms. The summed E-state index contributed by atoms with van der Waals surface area (Å²) < 4.78 is 18.9. The van der Waals surface area contributed by atoms with Crippen LogP contribution in [-0.2, 0) is 4.74 Å². The minimum atomic E-state index is -0.349. The summed E-state index contributed by atoms with van der Waals surface area (Å²) in [7, 11) is 1.83. The van der Waals surface area contributed by atoms with Crippen LogP contribution in [0.5, 0.6) is 0 Å².